The molecule has 1 aromatic heterocycles. The number of carbonyl (C=O) groups is 2. The van der Waals surface area contributed by atoms with Crippen LogP contribution in [0.5, 0.6) is 0 Å². The molecule has 2 aromatic carbocycles. The van der Waals surface area contributed by atoms with Crippen LogP contribution in [0.1, 0.15) is 20.7 Å². The molecular formula is C21H15N2O2+. The molecule has 4 rings (SSSR count). The second-order valence-corrected chi connectivity index (χ2v) is 5.70. The van der Waals surface area contributed by atoms with E-state index in [1.165, 1.54) is 0 Å². The van der Waals surface area contributed by atoms with Gasteiger partial charge >= 0.3 is 0 Å². The van der Waals surface area contributed by atoms with Gasteiger partial charge in [0.05, 0.1) is 0 Å². The summed E-state index contributed by atoms with van der Waals surface area (Å²) in [4.78, 5) is 26.2. The molecule has 0 atom stereocenters. The van der Waals surface area contributed by atoms with Crippen molar-refractivity contribution in [3.63, 3.8) is 0 Å². The highest BCUT2D eigenvalue weighted by atomic mass is 16.1. The zero-order valence-electron chi connectivity index (χ0n) is 13.3. The molecular weight excluding hydrogens is 312 g/mol. The van der Waals surface area contributed by atoms with Crippen LogP contribution in [0.2, 0.25) is 0 Å². The van der Waals surface area contributed by atoms with Crippen LogP contribution in [0.15, 0.2) is 90.9 Å². The van der Waals surface area contributed by atoms with E-state index in [1.807, 2.05) is 48.5 Å². The Bertz CT molecular complexity index is 993. The van der Waals surface area contributed by atoms with Gasteiger partial charge < -0.3 is 5.32 Å². The molecule has 0 saturated carbocycles. The van der Waals surface area contributed by atoms with Gasteiger partial charge in [-0.05, 0) is 12.1 Å². The van der Waals surface area contributed by atoms with E-state index in [2.05, 4.69) is 5.32 Å². The normalized spacial score (nSPS) is 13.6. The molecule has 120 valence electrons. The Labute approximate surface area is 145 Å². The Morgan fingerprint density at radius 2 is 1.20 bits per heavy atom. The van der Waals surface area contributed by atoms with E-state index in [0.29, 0.717) is 16.8 Å². The van der Waals surface area contributed by atoms with Crippen LogP contribution in [0, 0.1) is 0 Å². The number of nitrogens with one attached hydrogen (secondary N) is 1. The average Bonchev–Trinajstić information content (AvgIpc) is 2.68. The third-order valence-corrected chi connectivity index (χ3v) is 4.11. The van der Waals surface area contributed by atoms with E-state index in [9.17, 15) is 9.59 Å². The number of benzene rings is 2. The van der Waals surface area contributed by atoms with Crippen molar-refractivity contribution in [3.8, 4) is 0 Å². The maximum absolute atomic E-state index is 13.1. The number of hydrogen-bond acceptors (Lipinski definition) is 3. The predicted molar refractivity (Wildman–Crippen MR) is 95.0 cm³/mol. The van der Waals surface area contributed by atoms with Crippen molar-refractivity contribution in [1.82, 2.24) is 0 Å². The summed E-state index contributed by atoms with van der Waals surface area (Å²) in [6, 6.07) is 21.8. The van der Waals surface area contributed by atoms with Gasteiger partial charge in [0.1, 0.15) is 0 Å². The number of ketones is 2. The van der Waals surface area contributed by atoms with Crippen LogP contribution >= 0.6 is 0 Å². The first kappa shape index (κ1) is 15.0. The molecule has 0 bridgehead atoms. The Morgan fingerprint density at radius 3 is 1.88 bits per heavy atom. The van der Waals surface area contributed by atoms with Crippen molar-refractivity contribution in [2.75, 3.05) is 5.32 Å². The molecule has 1 N–H and O–H groups in total. The molecule has 1 aliphatic rings. The number of para-hydroxylation sites is 1. The van der Waals surface area contributed by atoms with Gasteiger partial charge in [0.25, 0.3) is 11.5 Å². The van der Waals surface area contributed by atoms with Gasteiger partial charge in [0.15, 0.2) is 18.1 Å². The summed E-state index contributed by atoms with van der Waals surface area (Å²) < 4.78 is 1.68. The molecule has 0 amide bonds. The van der Waals surface area contributed by atoms with E-state index in [-0.39, 0.29) is 17.3 Å². The van der Waals surface area contributed by atoms with Crippen LogP contribution < -0.4 is 9.88 Å². The summed E-state index contributed by atoms with van der Waals surface area (Å²) in [6.45, 7) is 0. The van der Waals surface area contributed by atoms with Crippen molar-refractivity contribution in [2.24, 2.45) is 0 Å². The molecule has 0 aliphatic heterocycles. The number of carbonyl (C=O) groups excluding carboxylic acids is 2. The third-order valence-electron chi connectivity index (χ3n) is 4.11. The summed E-state index contributed by atoms with van der Waals surface area (Å²) in [5.74, 6) is -0.366. The minimum atomic E-state index is -0.189. The predicted octanol–water partition coefficient (Wildman–Crippen LogP) is 3.33. The fraction of sp³-hybridized carbons (Fsp3) is 0. The summed E-state index contributed by atoms with van der Waals surface area (Å²) in [7, 11) is 0. The number of anilines is 1. The van der Waals surface area contributed by atoms with Crippen LogP contribution in [-0.4, -0.2) is 11.6 Å². The van der Waals surface area contributed by atoms with Crippen molar-refractivity contribution in [3.05, 3.63) is 102 Å². The number of fused-ring (bicyclic) bond motifs is 1. The SMILES string of the molecule is O=C1C(Nc2ccccc2)=C([n+]2ccccc2)C(=O)c2ccccc21. The van der Waals surface area contributed by atoms with Gasteiger partial charge in [-0.15, -0.1) is 0 Å². The first-order chi connectivity index (χ1) is 12.3. The lowest BCUT2D eigenvalue weighted by Gasteiger charge is -2.18. The fourth-order valence-electron chi connectivity index (χ4n) is 2.94. The van der Waals surface area contributed by atoms with Gasteiger partial charge in [-0.25, -0.2) is 0 Å². The lowest BCUT2D eigenvalue weighted by molar-refractivity contribution is -0.577. The second-order valence-electron chi connectivity index (χ2n) is 5.70. The van der Waals surface area contributed by atoms with Crippen molar-refractivity contribution in [1.29, 1.82) is 0 Å². The van der Waals surface area contributed by atoms with Gasteiger partial charge in [-0.2, -0.15) is 4.57 Å². The molecule has 0 fully saturated rings. The second kappa shape index (κ2) is 6.17. The van der Waals surface area contributed by atoms with E-state index >= 15 is 0 Å². The summed E-state index contributed by atoms with van der Waals surface area (Å²) in [5.41, 5.74) is 2.22. The van der Waals surface area contributed by atoms with Gasteiger partial charge in [0, 0.05) is 28.9 Å². The molecule has 0 unspecified atom stereocenters. The molecule has 1 heterocycles. The smallest absolute Gasteiger partial charge is 0.286 e. The average molecular weight is 327 g/mol. The van der Waals surface area contributed by atoms with Gasteiger partial charge in [0.2, 0.25) is 5.78 Å². The molecule has 0 saturated heterocycles. The van der Waals surface area contributed by atoms with Crippen LogP contribution in [0.25, 0.3) is 5.70 Å². The molecule has 3 aromatic rings. The number of pyridine rings is 1. The molecule has 4 heteroatoms. The van der Waals surface area contributed by atoms with E-state index in [0.717, 1.165) is 5.69 Å². The molecule has 1 aliphatic carbocycles. The van der Waals surface area contributed by atoms with E-state index in [1.54, 1.807) is 41.2 Å². The first-order valence-corrected chi connectivity index (χ1v) is 7.97. The third kappa shape index (κ3) is 2.64. The van der Waals surface area contributed by atoms with Crippen molar-refractivity contribution >= 4 is 23.0 Å². The van der Waals surface area contributed by atoms with Crippen molar-refractivity contribution < 1.29 is 14.2 Å². The first-order valence-electron chi connectivity index (χ1n) is 7.97. The minimum absolute atomic E-state index is 0.176. The number of hydrogen-bond donors (Lipinski definition) is 1. The highest BCUT2D eigenvalue weighted by molar-refractivity contribution is 6.36. The number of aromatic nitrogens is 1. The minimum Gasteiger partial charge on any atom is -0.347 e. The topological polar surface area (TPSA) is 50.1 Å². The van der Waals surface area contributed by atoms with Gasteiger partial charge in [-0.1, -0.05) is 48.5 Å². The largest absolute Gasteiger partial charge is 0.347 e. The van der Waals surface area contributed by atoms with Crippen LogP contribution in [0.3, 0.4) is 0 Å². The molecule has 4 nitrogen and oxygen atoms in total. The Kier molecular flexibility index (Phi) is 3.71. The Balaban J connectivity index is 1.92. The standard InChI is InChI=1S/C21H14N2O2/c24-20-16-11-5-6-12-17(16)21(25)19(23-13-7-2-8-14-23)18(20)22-15-9-3-1-4-10-15/h1-14H/p+1. The number of rotatable bonds is 3. The summed E-state index contributed by atoms with van der Waals surface area (Å²) in [5, 5.41) is 3.14. The summed E-state index contributed by atoms with van der Waals surface area (Å²) >= 11 is 0. The molecule has 0 radical (unpaired) electrons. The van der Waals surface area contributed by atoms with Gasteiger partial charge in [-0.3, -0.25) is 9.59 Å². The maximum atomic E-state index is 13.1. The number of Topliss-reactive ketones (excluding diaryl/α,β-unsaturated/α-hetero) is 2. The Hall–Kier alpha value is -3.53. The van der Waals surface area contributed by atoms with E-state index in [4.69, 9.17) is 0 Å². The number of nitrogens with zero attached hydrogens (tertiary/aromatic N) is 1. The lowest BCUT2D eigenvalue weighted by Crippen LogP contribution is -2.41. The zero-order valence-corrected chi connectivity index (χ0v) is 13.3. The maximum Gasteiger partial charge on any atom is 0.286 e. The molecule has 0 spiro atoms. The summed E-state index contributed by atoms with van der Waals surface area (Å²) in [6.07, 6.45) is 3.53. The van der Waals surface area contributed by atoms with Crippen LogP contribution in [0.4, 0.5) is 5.69 Å². The quantitative estimate of drug-likeness (QED) is 0.751. The highest BCUT2D eigenvalue weighted by Crippen LogP contribution is 2.27. The Morgan fingerprint density at radius 1 is 0.640 bits per heavy atom. The highest BCUT2D eigenvalue weighted by Gasteiger charge is 2.38. The monoisotopic (exact) mass is 327 g/mol. The van der Waals surface area contributed by atoms with Crippen LogP contribution in [-0.2, 0) is 0 Å². The van der Waals surface area contributed by atoms with E-state index < -0.39 is 0 Å². The number of allylic oxidation sites excluding steroid dienone is 2. The molecule has 25 heavy (non-hydrogen) atoms. The zero-order chi connectivity index (χ0) is 17.2. The fourth-order valence-corrected chi connectivity index (χ4v) is 2.94. The van der Waals surface area contributed by atoms with Crippen molar-refractivity contribution in [2.45, 2.75) is 0 Å². The lowest BCUT2D eigenvalue weighted by atomic mass is 9.90.